The molecule has 2 heteroatoms. The highest BCUT2D eigenvalue weighted by atomic mass is 15.1. The van der Waals surface area contributed by atoms with Gasteiger partial charge in [0, 0.05) is 25.8 Å². The fourth-order valence-corrected chi connectivity index (χ4v) is 1.86. The van der Waals surface area contributed by atoms with Crippen molar-refractivity contribution in [2.45, 2.75) is 40.2 Å². The SMILES string of the molecule is CCCNCc1ccc(N(C)CCC(C)C)cc1. The second-order valence-corrected chi connectivity index (χ2v) is 5.45. The average molecular weight is 248 g/mol. The average Bonchev–Trinajstić information content (AvgIpc) is 2.37. The highest BCUT2D eigenvalue weighted by Gasteiger charge is 2.02. The second kappa shape index (κ2) is 8.15. The van der Waals surface area contributed by atoms with E-state index >= 15 is 0 Å². The van der Waals surface area contributed by atoms with Crippen LogP contribution in [0.15, 0.2) is 24.3 Å². The molecule has 0 amide bonds. The van der Waals surface area contributed by atoms with Crippen molar-refractivity contribution in [2.75, 3.05) is 25.0 Å². The van der Waals surface area contributed by atoms with E-state index in [0.717, 1.165) is 25.6 Å². The minimum atomic E-state index is 0.768. The van der Waals surface area contributed by atoms with E-state index in [-0.39, 0.29) is 0 Å². The minimum Gasteiger partial charge on any atom is -0.375 e. The number of benzene rings is 1. The van der Waals surface area contributed by atoms with Gasteiger partial charge in [-0.2, -0.15) is 0 Å². The number of hydrogen-bond acceptors (Lipinski definition) is 2. The molecule has 0 fully saturated rings. The van der Waals surface area contributed by atoms with E-state index in [9.17, 15) is 0 Å². The third-order valence-electron chi connectivity index (χ3n) is 3.17. The van der Waals surface area contributed by atoms with Gasteiger partial charge in [-0.1, -0.05) is 32.9 Å². The summed E-state index contributed by atoms with van der Waals surface area (Å²) in [6.07, 6.45) is 2.44. The first-order chi connectivity index (χ1) is 8.63. The van der Waals surface area contributed by atoms with Gasteiger partial charge in [-0.15, -0.1) is 0 Å². The molecule has 0 aliphatic heterocycles. The topological polar surface area (TPSA) is 15.3 Å². The fourth-order valence-electron chi connectivity index (χ4n) is 1.86. The van der Waals surface area contributed by atoms with Crippen molar-refractivity contribution in [3.63, 3.8) is 0 Å². The number of rotatable bonds is 8. The van der Waals surface area contributed by atoms with Crippen LogP contribution >= 0.6 is 0 Å². The zero-order valence-corrected chi connectivity index (χ0v) is 12.4. The van der Waals surface area contributed by atoms with E-state index < -0.39 is 0 Å². The van der Waals surface area contributed by atoms with Crippen LogP contribution in [-0.2, 0) is 6.54 Å². The van der Waals surface area contributed by atoms with Crippen molar-refractivity contribution in [2.24, 2.45) is 5.92 Å². The van der Waals surface area contributed by atoms with Crippen LogP contribution in [-0.4, -0.2) is 20.1 Å². The van der Waals surface area contributed by atoms with E-state index in [1.807, 2.05) is 0 Å². The summed E-state index contributed by atoms with van der Waals surface area (Å²) in [5.41, 5.74) is 2.68. The summed E-state index contributed by atoms with van der Waals surface area (Å²) in [5.74, 6) is 0.768. The molecule has 0 heterocycles. The summed E-state index contributed by atoms with van der Waals surface area (Å²) in [4.78, 5) is 2.34. The van der Waals surface area contributed by atoms with Gasteiger partial charge < -0.3 is 10.2 Å². The van der Waals surface area contributed by atoms with Gasteiger partial charge in [-0.05, 0) is 43.0 Å². The van der Waals surface area contributed by atoms with Gasteiger partial charge in [-0.25, -0.2) is 0 Å². The first-order valence-electron chi connectivity index (χ1n) is 7.14. The van der Waals surface area contributed by atoms with Crippen molar-refractivity contribution in [3.05, 3.63) is 29.8 Å². The summed E-state index contributed by atoms with van der Waals surface area (Å²) in [5, 5.41) is 3.43. The van der Waals surface area contributed by atoms with Crippen LogP contribution in [0.5, 0.6) is 0 Å². The predicted molar refractivity (Wildman–Crippen MR) is 81.2 cm³/mol. The van der Waals surface area contributed by atoms with Crippen molar-refractivity contribution >= 4 is 5.69 Å². The van der Waals surface area contributed by atoms with Crippen molar-refractivity contribution in [3.8, 4) is 0 Å². The Kier molecular flexibility index (Phi) is 6.81. The molecular weight excluding hydrogens is 220 g/mol. The third kappa shape index (κ3) is 5.54. The lowest BCUT2D eigenvalue weighted by molar-refractivity contribution is 0.585. The standard InChI is InChI=1S/C16H28N2/c1-5-11-17-13-15-6-8-16(9-7-15)18(4)12-10-14(2)3/h6-9,14,17H,5,10-13H2,1-4H3. The van der Waals surface area contributed by atoms with Gasteiger partial charge in [0.05, 0.1) is 0 Å². The van der Waals surface area contributed by atoms with E-state index in [2.05, 4.69) is 62.3 Å². The Labute approximate surface area is 112 Å². The van der Waals surface area contributed by atoms with Gasteiger partial charge in [0.1, 0.15) is 0 Å². The second-order valence-electron chi connectivity index (χ2n) is 5.45. The third-order valence-corrected chi connectivity index (χ3v) is 3.17. The molecular formula is C16H28N2. The summed E-state index contributed by atoms with van der Waals surface area (Å²) in [6, 6.07) is 8.90. The number of anilines is 1. The van der Waals surface area contributed by atoms with E-state index in [0.29, 0.717) is 0 Å². The smallest absolute Gasteiger partial charge is 0.0363 e. The molecule has 0 saturated heterocycles. The normalized spacial score (nSPS) is 10.9. The number of nitrogens with zero attached hydrogens (tertiary/aromatic N) is 1. The van der Waals surface area contributed by atoms with E-state index in [4.69, 9.17) is 0 Å². The fraction of sp³-hybridized carbons (Fsp3) is 0.625. The largest absolute Gasteiger partial charge is 0.375 e. The van der Waals surface area contributed by atoms with E-state index in [1.54, 1.807) is 0 Å². The highest BCUT2D eigenvalue weighted by molar-refractivity contribution is 5.46. The lowest BCUT2D eigenvalue weighted by atomic mass is 10.1. The predicted octanol–water partition coefficient (Wildman–Crippen LogP) is 3.67. The van der Waals surface area contributed by atoms with Gasteiger partial charge in [0.25, 0.3) is 0 Å². The summed E-state index contributed by atoms with van der Waals surface area (Å²) >= 11 is 0. The monoisotopic (exact) mass is 248 g/mol. The lowest BCUT2D eigenvalue weighted by Gasteiger charge is -2.20. The zero-order chi connectivity index (χ0) is 13.4. The molecule has 0 spiro atoms. The number of nitrogens with one attached hydrogen (secondary N) is 1. The molecule has 0 bridgehead atoms. The van der Waals surface area contributed by atoms with Crippen LogP contribution in [0.4, 0.5) is 5.69 Å². The molecule has 0 aromatic heterocycles. The van der Waals surface area contributed by atoms with Crippen LogP contribution in [0.3, 0.4) is 0 Å². The Morgan fingerprint density at radius 1 is 1.17 bits per heavy atom. The molecule has 0 radical (unpaired) electrons. The molecule has 1 aromatic rings. The van der Waals surface area contributed by atoms with Gasteiger partial charge in [0.2, 0.25) is 0 Å². The maximum Gasteiger partial charge on any atom is 0.0363 e. The molecule has 1 rings (SSSR count). The van der Waals surface area contributed by atoms with Crippen molar-refractivity contribution < 1.29 is 0 Å². The van der Waals surface area contributed by atoms with Crippen molar-refractivity contribution in [1.82, 2.24) is 5.32 Å². The molecule has 102 valence electrons. The molecule has 0 saturated carbocycles. The lowest BCUT2D eigenvalue weighted by Crippen LogP contribution is -2.20. The van der Waals surface area contributed by atoms with Gasteiger partial charge >= 0.3 is 0 Å². The molecule has 2 nitrogen and oxygen atoms in total. The molecule has 0 aliphatic carbocycles. The van der Waals surface area contributed by atoms with Crippen LogP contribution in [0.1, 0.15) is 39.2 Å². The van der Waals surface area contributed by atoms with Crippen LogP contribution in [0.2, 0.25) is 0 Å². The Morgan fingerprint density at radius 2 is 1.83 bits per heavy atom. The Balaban J connectivity index is 2.43. The maximum absolute atomic E-state index is 3.43. The quantitative estimate of drug-likeness (QED) is 0.706. The number of hydrogen-bond donors (Lipinski definition) is 1. The molecule has 18 heavy (non-hydrogen) atoms. The van der Waals surface area contributed by atoms with E-state index in [1.165, 1.54) is 24.1 Å². The van der Waals surface area contributed by atoms with Crippen LogP contribution < -0.4 is 10.2 Å². The minimum absolute atomic E-state index is 0.768. The first kappa shape index (κ1) is 15.0. The summed E-state index contributed by atoms with van der Waals surface area (Å²) < 4.78 is 0. The van der Waals surface area contributed by atoms with Gasteiger partial charge in [-0.3, -0.25) is 0 Å². The maximum atomic E-state index is 3.43. The zero-order valence-electron chi connectivity index (χ0n) is 12.4. The van der Waals surface area contributed by atoms with Crippen molar-refractivity contribution in [1.29, 1.82) is 0 Å². The summed E-state index contributed by atoms with van der Waals surface area (Å²) in [7, 11) is 2.17. The first-order valence-corrected chi connectivity index (χ1v) is 7.14. The molecule has 0 unspecified atom stereocenters. The summed E-state index contributed by atoms with van der Waals surface area (Å²) in [6.45, 7) is 9.94. The van der Waals surface area contributed by atoms with Crippen LogP contribution in [0, 0.1) is 5.92 Å². The molecule has 1 aromatic carbocycles. The Bertz CT molecular complexity index is 316. The molecule has 0 atom stereocenters. The van der Waals surface area contributed by atoms with Gasteiger partial charge in [0.15, 0.2) is 0 Å². The highest BCUT2D eigenvalue weighted by Crippen LogP contribution is 2.15. The molecule has 0 aliphatic rings. The Morgan fingerprint density at radius 3 is 2.39 bits per heavy atom. The Hall–Kier alpha value is -1.02. The van der Waals surface area contributed by atoms with Crippen LogP contribution in [0.25, 0.3) is 0 Å². The molecule has 1 N–H and O–H groups in total.